The van der Waals surface area contributed by atoms with Gasteiger partial charge in [0, 0.05) is 27.7 Å². The molecule has 14 heteroatoms. The number of hydrogen-bond donors (Lipinski definition) is 1. The molecule has 1 aromatic carbocycles. The van der Waals surface area contributed by atoms with Gasteiger partial charge in [-0.2, -0.15) is 5.26 Å². The van der Waals surface area contributed by atoms with E-state index in [-0.39, 0.29) is 47.7 Å². The highest BCUT2D eigenvalue weighted by molar-refractivity contribution is 7.18. The Morgan fingerprint density at radius 1 is 1.23 bits per heavy atom. The SMILES string of the molecule is Cc1nc2cnc(CC3CCN(CC(F)F)CC3)c(C#N)c2c(=O)n1CCOc1ccc(Cl)cc1-c1ccnc2c(C(=O)O)csc12. The highest BCUT2D eigenvalue weighted by atomic mass is 35.5. The first-order chi connectivity index (χ1) is 22.6. The molecular formula is C33H29ClF2N6O4S. The molecule has 0 saturated carbocycles. The van der Waals surface area contributed by atoms with Crippen molar-refractivity contribution >= 4 is 50.0 Å². The number of piperidine rings is 1. The zero-order valence-electron chi connectivity index (χ0n) is 25.3. The Bertz CT molecular complexity index is 2090. The van der Waals surface area contributed by atoms with Crippen molar-refractivity contribution in [2.75, 3.05) is 26.2 Å². The van der Waals surface area contributed by atoms with Gasteiger partial charge in [0.2, 0.25) is 0 Å². The first-order valence-corrected chi connectivity index (χ1v) is 16.2. The van der Waals surface area contributed by atoms with Crippen molar-refractivity contribution in [3.05, 3.63) is 80.1 Å². The number of carboxylic acid groups (broad SMARTS) is 1. The van der Waals surface area contributed by atoms with Crippen LogP contribution in [0.5, 0.6) is 5.75 Å². The van der Waals surface area contributed by atoms with Crippen LogP contribution in [0, 0.1) is 24.2 Å². The summed E-state index contributed by atoms with van der Waals surface area (Å²) in [5.74, 6) is 0.0112. The molecule has 5 heterocycles. The predicted octanol–water partition coefficient (Wildman–Crippen LogP) is 6.20. The molecular weight excluding hydrogens is 650 g/mol. The van der Waals surface area contributed by atoms with Crippen LogP contribution in [0.25, 0.3) is 32.2 Å². The Morgan fingerprint density at radius 2 is 2.02 bits per heavy atom. The third-order valence-electron chi connectivity index (χ3n) is 8.46. The Labute approximate surface area is 276 Å². The van der Waals surface area contributed by atoms with E-state index >= 15 is 0 Å². The topological polar surface area (TPSA) is 134 Å². The third kappa shape index (κ3) is 6.67. The lowest BCUT2D eigenvalue weighted by Gasteiger charge is -2.31. The predicted molar refractivity (Wildman–Crippen MR) is 175 cm³/mol. The van der Waals surface area contributed by atoms with E-state index in [1.807, 2.05) is 0 Å². The maximum absolute atomic E-state index is 13.8. The molecule has 10 nitrogen and oxygen atoms in total. The highest BCUT2D eigenvalue weighted by Gasteiger charge is 2.25. The molecule has 0 amide bonds. The second-order valence-electron chi connectivity index (χ2n) is 11.4. The fraction of sp³-hybridized carbons (Fsp3) is 0.333. The zero-order chi connectivity index (χ0) is 33.2. The number of aromatic carboxylic acids is 1. The van der Waals surface area contributed by atoms with E-state index in [0.717, 1.165) is 0 Å². The van der Waals surface area contributed by atoms with Crippen molar-refractivity contribution in [1.29, 1.82) is 5.26 Å². The summed E-state index contributed by atoms with van der Waals surface area (Å²) >= 11 is 7.62. The molecule has 1 saturated heterocycles. The Morgan fingerprint density at radius 3 is 2.74 bits per heavy atom. The smallest absolute Gasteiger partial charge is 0.338 e. The van der Waals surface area contributed by atoms with Crippen molar-refractivity contribution < 1.29 is 23.4 Å². The number of halogens is 3. The molecule has 0 atom stereocenters. The number of fused-ring (bicyclic) bond motifs is 2. The van der Waals surface area contributed by atoms with E-state index in [0.29, 0.717) is 81.5 Å². The second kappa shape index (κ2) is 13.7. The Kier molecular flexibility index (Phi) is 9.45. The molecule has 0 radical (unpaired) electrons. The summed E-state index contributed by atoms with van der Waals surface area (Å²) in [6, 6.07) is 9.08. The Balaban J connectivity index is 1.25. The molecule has 0 aliphatic carbocycles. The van der Waals surface area contributed by atoms with Gasteiger partial charge in [-0.15, -0.1) is 11.3 Å². The molecule has 47 heavy (non-hydrogen) atoms. The van der Waals surface area contributed by atoms with Crippen LogP contribution >= 0.6 is 22.9 Å². The highest BCUT2D eigenvalue weighted by Crippen LogP contribution is 2.39. The number of alkyl halides is 2. The minimum absolute atomic E-state index is 0.0820. The van der Waals surface area contributed by atoms with Gasteiger partial charge in [-0.05, 0) is 69.5 Å². The van der Waals surface area contributed by atoms with Gasteiger partial charge in [-0.1, -0.05) is 11.6 Å². The number of pyridine rings is 2. The van der Waals surface area contributed by atoms with Crippen LogP contribution in [-0.4, -0.2) is 68.2 Å². The number of nitrogens with zero attached hydrogens (tertiary/aromatic N) is 6. The number of aromatic nitrogens is 4. The number of carbonyl (C=O) groups is 1. The lowest BCUT2D eigenvalue weighted by atomic mass is 9.90. The van der Waals surface area contributed by atoms with E-state index in [1.165, 1.54) is 28.3 Å². The van der Waals surface area contributed by atoms with Crippen LogP contribution in [0.4, 0.5) is 8.78 Å². The van der Waals surface area contributed by atoms with Gasteiger partial charge in [0.05, 0.1) is 57.2 Å². The maximum atomic E-state index is 13.8. The number of rotatable bonds is 10. The van der Waals surface area contributed by atoms with Crippen molar-refractivity contribution in [2.45, 2.75) is 39.2 Å². The number of hydrogen-bond acceptors (Lipinski definition) is 9. The summed E-state index contributed by atoms with van der Waals surface area (Å²) in [4.78, 5) is 40.6. The molecule has 6 rings (SSSR count). The van der Waals surface area contributed by atoms with Gasteiger partial charge in [0.1, 0.15) is 24.3 Å². The van der Waals surface area contributed by atoms with Gasteiger partial charge in [0.15, 0.2) is 0 Å². The number of thiophene rings is 1. The van der Waals surface area contributed by atoms with Gasteiger partial charge >= 0.3 is 5.97 Å². The average Bonchev–Trinajstić information content (AvgIpc) is 3.49. The van der Waals surface area contributed by atoms with Crippen molar-refractivity contribution in [2.24, 2.45) is 5.92 Å². The number of nitriles is 1. The minimum atomic E-state index is -2.37. The largest absolute Gasteiger partial charge is 0.491 e. The molecule has 1 fully saturated rings. The first-order valence-electron chi connectivity index (χ1n) is 15.0. The summed E-state index contributed by atoms with van der Waals surface area (Å²) in [5.41, 5.74) is 2.48. The van der Waals surface area contributed by atoms with E-state index in [9.17, 15) is 28.7 Å². The van der Waals surface area contributed by atoms with E-state index < -0.39 is 12.4 Å². The standard InChI is InChI=1S/C33H29ClF2N6O4S/c1-18-40-26-15-39-25(12-19-5-8-41(9-6-19)16-28(35)36)23(14-37)29(26)32(43)42(18)10-11-46-27-3-2-20(34)13-22(27)21-4-7-38-30-24(33(44)45)17-47-31(21)30/h2-4,7,13,15,17,19,28H,5-6,8-12,16H2,1H3,(H,44,45). The summed E-state index contributed by atoms with van der Waals surface area (Å²) in [6.45, 7) is 2.78. The summed E-state index contributed by atoms with van der Waals surface area (Å²) in [6.07, 6.45) is 2.56. The van der Waals surface area contributed by atoms with Crippen LogP contribution in [0.3, 0.4) is 0 Å². The van der Waals surface area contributed by atoms with Crippen molar-refractivity contribution in [3.63, 3.8) is 0 Å². The van der Waals surface area contributed by atoms with Gasteiger partial charge < -0.3 is 9.84 Å². The van der Waals surface area contributed by atoms with E-state index in [4.69, 9.17) is 16.3 Å². The molecule has 0 unspecified atom stereocenters. The number of benzene rings is 1. The quantitative estimate of drug-likeness (QED) is 0.183. The van der Waals surface area contributed by atoms with Gasteiger partial charge in [0.25, 0.3) is 12.0 Å². The minimum Gasteiger partial charge on any atom is -0.491 e. The molecule has 5 aromatic rings. The molecule has 1 aliphatic heterocycles. The molecule has 242 valence electrons. The third-order valence-corrected chi connectivity index (χ3v) is 9.69. The molecule has 4 aromatic heterocycles. The number of aryl methyl sites for hydroxylation is 1. The van der Waals surface area contributed by atoms with Crippen molar-refractivity contribution in [1.82, 2.24) is 24.4 Å². The normalized spacial score (nSPS) is 14.2. The number of carboxylic acids is 1. The molecule has 0 bridgehead atoms. The summed E-state index contributed by atoms with van der Waals surface area (Å²) in [7, 11) is 0. The van der Waals surface area contributed by atoms with Gasteiger partial charge in [-0.25, -0.2) is 18.6 Å². The summed E-state index contributed by atoms with van der Waals surface area (Å²) < 4.78 is 33.9. The van der Waals surface area contributed by atoms with Crippen molar-refractivity contribution in [3.8, 4) is 22.9 Å². The van der Waals surface area contributed by atoms with Crippen LogP contribution in [0.15, 0.2) is 46.8 Å². The molecule has 1 N–H and O–H groups in total. The van der Waals surface area contributed by atoms with Crippen LogP contribution in [-0.2, 0) is 13.0 Å². The van der Waals surface area contributed by atoms with Crippen LogP contribution in [0.1, 0.15) is 40.3 Å². The monoisotopic (exact) mass is 678 g/mol. The van der Waals surface area contributed by atoms with E-state index in [2.05, 4.69) is 21.0 Å². The fourth-order valence-electron chi connectivity index (χ4n) is 6.12. The molecule has 0 spiro atoms. The van der Waals surface area contributed by atoms with Gasteiger partial charge in [-0.3, -0.25) is 24.2 Å². The van der Waals surface area contributed by atoms with Crippen LogP contribution in [0.2, 0.25) is 5.02 Å². The number of likely N-dealkylation sites (tertiary alicyclic amines) is 1. The zero-order valence-corrected chi connectivity index (χ0v) is 26.8. The second-order valence-corrected chi connectivity index (χ2v) is 12.7. The lowest BCUT2D eigenvalue weighted by Crippen LogP contribution is -2.37. The maximum Gasteiger partial charge on any atom is 0.338 e. The lowest BCUT2D eigenvalue weighted by molar-refractivity contribution is 0.0687. The average molecular weight is 679 g/mol. The number of ether oxygens (including phenoxy) is 1. The van der Waals surface area contributed by atoms with Crippen LogP contribution < -0.4 is 10.3 Å². The fourth-order valence-corrected chi connectivity index (χ4v) is 7.32. The Hall–Kier alpha value is -4.51. The summed E-state index contributed by atoms with van der Waals surface area (Å²) in [5, 5.41) is 21.9. The van der Waals surface area contributed by atoms with E-state index in [1.54, 1.807) is 41.5 Å². The molecule has 1 aliphatic rings. The first kappa shape index (κ1) is 32.4.